The summed E-state index contributed by atoms with van der Waals surface area (Å²) in [7, 11) is 3.27. The molecular weight excluding hydrogens is 406 g/mol. The van der Waals surface area contributed by atoms with Crippen LogP contribution in [0.5, 0.6) is 0 Å². The van der Waals surface area contributed by atoms with Crippen molar-refractivity contribution in [1.82, 2.24) is 19.8 Å². The van der Waals surface area contributed by atoms with E-state index in [0.29, 0.717) is 23.7 Å². The summed E-state index contributed by atoms with van der Waals surface area (Å²) in [6, 6.07) is 6.77. The van der Waals surface area contributed by atoms with E-state index in [0.717, 1.165) is 18.8 Å². The molecule has 1 aliphatic carbocycles. The fourth-order valence-electron chi connectivity index (χ4n) is 4.47. The first kappa shape index (κ1) is 23.5. The van der Waals surface area contributed by atoms with Gasteiger partial charge in [-0.15, -0.1) is 0 Å². The van der Waals surface area contributed by atoms with Crippen molar-refractivity contribution in [3.63, 3.8) is 0 Å². The van der Waals surface area contributed by atoms with Gasteiger partial charge < -0.3 is 20.5 Å². The fourth-order valence-corrected chi connectivity index (χ4v) is 4.47. The molecule has 0 saturated heterocycles. The minimum absolute atomic E-state index is 0.226. The summed E-state index contributed by atoms with van der Waals surface area (Å²) in [5.74, 6) is -0.860. The molecule has 2 aromatic rings. The summed E-state index contributed by atoms with van der Waals surface area (Å²) >= 11 is 0. The third kappa shape index (κ3) is 4.26. The Hall–Kier alpha value is -3.16. The number of carbonyl (C=O) groups is 3. The van der Waals surface area contributed by atoms with Crippen molar-refractivity contribution in [2.45, 2.75) is 39.7 Å². The van der Waals surface area contributed by atoms with Crippen LogP contribution in [0.1, 0.15) is 49.3 Å². The zero-order valence-electron chi connectivity index (χ0n) is 19.5. The zero-order chi connectivity index (χ0) is 23.6. The summed E-state index contributed by atoms with van der Waals surface area (Å²) in [4.78, 5) is 45.0. The van der Waals surface area contributed by atoms with Crippen LogP contribution in [-0.4, -0.2) is 52.7 Å². The van der Waals surface area contributed by atoms with E-state index in [4.69, 9.17) is 5.73 Å². The zero-order valence-corrected chi connectivity index (χ0v) is 19.5. The van der Waals surface area contributed by atoms with E-state index >= 15 is 0 Å². The molecule has 3 atom stereocenters. The molecular formula is C24H33N5O3. The molecule has 0 aliphatic heterocycles. The Morgan fingerprint density at radius 3 is 2.53 bits per heavy atom. The maximum absolute atomic E-state index is 13.3. The molecule has 8 heteroatoms. The normalized spacial score (nSPS) is 21.9. The predicted molar refractivity (Wildman–Crippen MR) is 123 cm³/mol. The number of hydrogen-bond acceptors (Lipinski definition) is 5. The van der Waals surface area contributed by atoms with Gasteiger partial charge in [0.2, 0.25) is 11.8 Å². The average Bonchev–Trinajstić information content (AvgIpc) is 3.12. The van der Waals surface area contributed by atoms with Crippen molar-refractivity contribution in [2.24, 2.45) is 17.3 Å². The van der Waals surface area contributed by atoms with Gasteiger partial charge in [0.1, 0.15) is 5.82 Å². The molecule has 1 aromatic heterocycles. The fraction of sp³-hybridized carbons (Fsp3) is 0.500. The number of Topliss-reactive ketones (excluding diaryl/α,β-unsaturated/α-hetero) is 1. The van der Waals surface area contributed by atoms with E-state index in [1.165, 1.54) is 4.90 Å². The Morgan fingerprint density at radius 1 is 1.22 bits per heavy atom. The van der Waals surface area contributed by atoms with Gasteiger partial charge in [-0.2, -0.15) is 0 Å². The molecule has 0 spiro atoms. The highest BCUT2D eigenvalue weighted by atomic mass is 16.2. The van der Waals surface area contributed by atoms with Crippen molar-refractivity contribution >= 4 is 23.3 Å². The Kier molecular flexibility index (Phi) is 6.71. The molecule has 1 aliphatic rings. The Morgan fingerprint density at radius 2 is 1.91 bits per heavy atom. The summed E-state index contributed by atoms with van der Waals surface area (Å²) in [5, 5.41) is 2.93. The first-order chi connectivity index (χ1) is 15.1. The number of nitrogens with zero attached hydrogens (tertiary/aromatic N) is 3. The van der Waals surface area contributed by atoms with E-state index in [1.54, 1.807) is 51.5 Å². The number of nitrogens with two attached hydrogens (primary N) is 1. The topological polar surface area (TPSA) is 110 Å². The van der Waals surface area contributed by atoms with Crippen LogP contribution in [0.25, 0.3) is 0 Å². The van der Waals surface area contributed by atoms with Gasteiger partial charge >= 0.3 is 0 Å². The van der Waals surface area contributed by atoms with Crippen molar-refractivity contribution < 1.29 is 14.4 Å². The highest BCUT2D eigenvalue weighted by molar-refractivity contribution is 6.13. The first-order valence-corrected chi connectivity index (χ1v) is 11.0. The van der Waals surface area contributed by atoms with Gasteiger partial charge in [0, 0.05) is 56.7 Å². The van der Waals surface area contributed by atoms with Gasteiger partial charge in [-0.1, -0.05) is 32.9 Å². The lowest BCUT2D eigenvalue weighted by Crippen LogP contribution is -2.31. The van der Waals surface area contributed by atoms with Crippen molar-refractivity contribution in [2.75, 3.05) is 26.4 Å². The lowest BCUT2D eigenvalue weighted by Gasteiger charge is -2.14. The lowest BCUT2D eigenvalue weighted by atomic mass is 9.91. The minimum Gasteiger partial charge on any atom is -0.398 e. The number of ketones is 1. The highest BCUT2D eigenvalue weighted by Gasteiger charge is 2.72. The SMILES string of the molecule is CC(C)c1nccn1CCCNC(=O)[C@@H]1[C@H](C(=O)N(C)C)[C@]1(C)C(=O)c1ccccc1N. The molecule has 1 heterocycles. The summed E-state index contributed by atoms with van der Waals surface area (Å²) in [5.41, 5.74) is 5.59. The van der Waals surface area contributed by atoms with E-state index in [1.807, 2.05) is 6.20 Å². The number of aromatic nitrogens is 2. The third-order valence-corrected chi connectivity index (χ3v) is 6.34. The quantitative estimate of drug-likeness (QED) is 0.354. The van der Waals surface area contributed by atoms with Crippen molar-refractivity contribution in [3.05, 3.63) is 48.0 Å². The minimum atomic E-state index is -1.12. The summed E-state index contributed by atoms with van der Waals surface area (Å²) < 4.78 is 2.08. The first-order valence-electron chi connectivity index (χ1n) is 11.0. The molecule has 1 aromatic carbocycles. The Labute approximate surface area is 189 Å². The molecule has 8 nitrogen and oxygen atoms in total. The molecule has 3 N–H and O–H groups in total. The predicted octanol–water partition coefficient (Wildman–Crippen LogP) is 2.32. The molecule has 1 fully saturated rings. The smallest absolute Gasteiger partial charge is 0.227 e. The van der Waals surface area contributed by atoms with Crippen LogP contribution in [0.2, 0.25) is 0 Å². The van der Waals surface area contributed by atoms with Crippen LogP contribution in [0.15, 0.2) is 36.7 Å². The summed E-state index contributed by atoms with van der Waals surface area (Å²) in [6.07, 6.45) is 4.43. The van der Waals surface area contributed by atoms with Crippen LogP contribution < -0.4 is 11.1 Å². The van der Waals surface area contributed by atoms with Crippen LogP contribution in [0.3, 0.4) is 0 Å². The van der Waals surface area contributed by atoms with E-state index in [9.17, 15) is 14.4 Å². The molecule has 1 saturated carbocycles. The highest BCUT2D eigenvalue weighted by Crippen LogP contribution is 2.61. The second-order valence-electron chi connectivity index (χ2n) is 9.17. The molecule has 2 amide bonds. The number of amides is 2. The summed E-state index contributed by atoms with van der Waals surface area (Å²) in [6.45, 7) is 7.05. The second kappa shape index (κ2) is 9.14. The van der Waals surface area contributed by atoms with Crippen LogP contribution in [-0.2, 0) is 16.1 Å². The van der Waals surface area contributed by atoms with Gasteiger partial charge in [-0.05, 0) is 18.6 Å². The Bertz CT molecular complexity index is 1010. The maximum atomic E-state index is 13.3. The largest absolute Gasteiger partial charge is 0.398 e. The number of aryl methyl sites for hydroxylation is 1. The van der Waals surface area contributed by atoms with Crippen LogP contribution in [0.4, 0.5) is 5.69 Å². The monoisotopic (exact) mass is 439 g/mol. The number of hydrogen-bond donors (Lipinski definition) is 2. The average molecular weight is 440 g/mol. The van der Waals surface area contributed by atoms with Gasteiger partial charge in [0.15, 0.2) is 5.78 Å². The van der Waals surface area contributed by atoms with Gasteiger partial charge in [0.05, 0.1) is 17.3 Å². The Balaban J connectivity index is 1.69. The van der Waals surface area contributed by atoms with E-state index < -0.39 is 17.3 Å². The molecule has 172 valence electrons. The number of rotatable bonds is 9. The number of nitrogens with one attached hydrogen (secondary N) is 1. The number of benzene rings is 1. The second-order valence-corrected chi connectivity index (χ2v) is 9.17. The number of nitrogen functional groups attached to an aromatic ring is 1. The lowest BCUT2D eigenvalue weighted by molar-refractivity contribution is -0.132. The van der Waals surface area contributed by atoms with Crippen molar-refractivity contribution in [1.29, 1.82) is 0 Å². The number of para-hydroxylation sites is 1. The molecule has 0 unspecified atom stereocenters. The van der Waals surface area contributed by atoms with Crippen LogP contribution >= 0.6 is 0 Å². The van der Waals surface area contributed by atoms with Gasteiger partial charge in [-0.3, -0.25) is 14.4 Å². The van der Waals surface area contributed by atoms with E-state index in [2.05, 4.69) is 28.7 Å². The van der Waals surface area contributed by atoms with Crippen LogP contribution in [0, 0.1) is 17.3 Å². The molecule has 32 heavy (non-hydrogen) atoms. The third-order valence-electron chi connectivity index (χ3n) is 6.34. The number of carbonyl (C=O) groups excluding carboxylic acids is 3. The maximum Gasteiger partial charge on any atom is 0.227 e. The van der Waals surface area contributed by atoms with Crippen molar-refractivity contribution in [3.8, 4) is 0 Å². The van der Waals surface area contributed by atoms with E-state index in [-0.39, 0.29) is 17.6 Å². The molecule has 0 bridgehead atoms. The molecule has 3 rings (SSSR count). The molecule has 0 radical (unpaired) electrons. The van der Waals surface area contributed by atoms with Gasteiger partial charge in [0.25, 0.3) is 0 Å². The standard InChI is InChI=1S/C24H33N5O3/c1-15(2)21-26-12-14-29(21)13-8-11-27-22(31)18-19(23(32)28(4)5)24(18,3)20(30)16-9-6-7-10-17(16)25/h6-7,9-10,12,14-15,18-19H,8,11,13,25H2,1-5H3,(H,27,31)/t18-,19+,24+/m0/s1. The number of anilines is 1. The number of imidazole rings is 1. The van der Waals surface area contributed by atoms with Gasteiger partial charge in [-0.25, -0.2) is 4.98 Å².